The first kappa shape index (κ1) is 24.8. The van der Waals surface area contributed by atoms with E-state index in [2.05, 4.69) is 49.4 Å². The summed E-state index contributed by atoms with van der Waals surface area (Å²) in [7, 11) is 0. The van der Waals surface area contributed by atoms with E-state index in [-0.39, 0.29) is 12.8 Å². The summed E-state index contributed by atoms with van der Waals surface area (Å²) in [5, 5.41) is 3.32. The molecular formula is C30H29F2N7. The molecule has 0 bridgehead atoms. The summed E-state index contributed by atoms with van der Waals surface area (Å²) >= 11 is 0. The van der Waals surface area contributed by atoms with Crippen LogP contribution < -0.4 is 15.1 Å². The molecule has 1 saturated heterocycles. The molecule has 1 aliphatic heterocycles. The minimum Gasteiger partial charge on any atom is -0.371 e. The lowest BCUT2D eigenvalue weighted by atomic mass is 10.1. The fourth-order valence-electron chi connectivity index (χ4n) is 4.89. The van der Waals surface area contributed by atoms with Crippen LogP contribution in [0.25, 0.3) is 11.2 Å². The average molecular weight is 526 g/mol. The second-order valence-corrected chi connectivity index (χ2v) is 9.81. The molecule has 2 aromatic heterocycles. The monoisotopic (exact) mass is 525 g/mol. The lowest BCUT2D eigenvalue weighted by Gasteiger charge is -2.33. The zero-order valence-electron chi connectivity index (χ0n) is 21.4. The summed E-state index contributed by atoms with van der Waals surface area (Å²) in [5.74, 6) is -1.40. The van der Waals surface area contributed by atoms with Crippen LogP contribution in [0, 0.1) is 0 Å². The van der Waals surface area contributed by atoms with Crippen molar-refractivity contribution < 1.29 is 8.78 Å². The number of aromatic nitrogens is 4. The van der Waals surface area contributed by atoms with Crippen molar-refractivity contribution in [2.24, 2.45) is 0 Å². The highest BCUT2D eigenvalue weighted by Gasteiger charge is 2.34. The molecule has 9 heteroatoms. The molecule has 0 spiro atoms. The first-order valence-electron chi connectivity index (χ1n) is 13.1. The van der Waals surface area contributed by atoms with E-state index in [1.54, 1.807) is 6.33 Å². The van der Waals surface area contributed by atoms with Crippen LogP contribution in [0.5, 0.6) is 0 Å². The molecule has 0 saturated carbocycles. The molecule has 0 atom stereocenters. The summed E-state index contributed by atoms with van der Waals surface area (Å²) in [5.41, 5.74) is 5.40. The largest absolute Gasteiger partial charge is 0.371 e. The maximum absolute atomic E-state index is 13.6. The van der Waals surface area contributed by atoms with Gasteiger partial charge in [0.2, 0.25) is 5.95 Å². The van der Waals surface area contributed by atoms with Gasteiger partial charge in [-0.25, -0.2) is 13.8 Å². The van der Waals surface area contributed by atoms with Crippen molar-refractivity contribution in [1.29, 1.82) is 0 Å². The third-order valence-electron chi connectivity index (χ3n) is 6.98. The standard InChI is InChI=1S/C30H29F2N7/c31-30(32)15-17-38(18-16-30)25-13-11-24(12-14-25)35-29-36-27-26(33-21-34-27)28(37-29)39(19-22-7-3-1-4-8-22)20-23-9-5-2-6-10-23/h1-14,21H,15-20H2,(H2,33,34,35,36,37). The number of aromatic amines is 1. The molecule has 7 nitrogen and oxygen atoms in total. The van der Waals surface area contributed by atoms with E-state index in [9.17, 15) is 8.78 Å². The number of nitrogens with one attached hydrogen (secondary N) is 2. The number of piperidine rings is 1. The van der Waals surface area contributed by atoms with Crippen molar-refractivity contribution in [2.45, 2.75) is 31.9 Å². The number of rotatable bonds is 8. The van der Waals surface area contributed by atoms with Gasteiger partial charge in [-0.05, 0) is 35.4 Å². The number of hydrogen-bond donors (Lipinski definition) is 2. The highest BCUT2D eigenvalue weighted by Crippen LogP contribution is 2.32. The number of fused-ring (bicyclic) bond motifs is 1. The lowest BCUT2D eigenvalue weighted by Crippen LogP contribution is -2.39. The fraction of sp³-hybridized carbons (Fsp3) is 0.233. The van der Waals surface area contributed by atoms with Gasteiger partial charge in [-0.15, -0.1) is 0 Å². The number of nitrogens with zero attached hydrogens (tertiary/aromatic N) is 5. The number of anilines is 4. The van der Waals surface area contributed by atoms with Gasteiger partial charge in [0.05, 0.1) is 6.33 Å². The van der Waals surface area contributed by atoms with E-state index in [4.69, 9.17) is 4.98 Å². The number of benzene rings is 3. The van der Waals surface area contributed by atoms with E-state index in [0.29, 0.717) is 43.3 Å². The van der Waals surface area contributed by atoms with Crippen molar-refractivity contribution in [3.8, 4) is 0 Å². The second-order valence-electron chi connectivity index (χ2n) is 9.81. The number of H-pyrrole nitrogens is 1. The van der Waals surface area contributed by atoms with Crippen molar-refractivity contribution in [1.82, 2.24) is 19.9 Å². The molecule has 0 amide bonds. The van der Waals surface area contributed by atoms with Gasteiger partial charge in [-0.3, -0.25) is 0 Å². The smallest absolute Gasteiger partial charge is 0.251 e. The van der Waals surface area contributed by atoms with E-state index in [0.717, 1.165) is 28.3 Å². The van der Waals surface area contributed by atoms with Gasteiger partial charge >= 0.3 is 0 Å². The zero-order valence-corrected chi connectivity index (χ0v) is 21.4. The highest BCUT2D eigenvalue weighted by atomic mass is 19.3. The Balaban J connectivity index is 1.28. The normalized spacial score (nSPS) is 14.9. The predicted molar refractivity (Wildman–Crippen MR) is 151 cm³/mol. The maximum Gasteiger partial charge on any atom is 0.251 e. The summed E-state index contributed by atoms with van der Waals surface area (Å²) in [6.07, 6.45) is 1.40. The van der Waals surface area contributed by atoms with Crippen LogP contribution in [0.1, 0.15) is 24.0 Å². The molecule has 1 aliphatic rings. The van der Waals surface area contributed by atoms with E-state index in [1.165, 1.54) is 0 Å². The Morgan fingerprint density at radius 1 is 0.821 bits per heavy atom. The summed E-state index contributed by atoms with van der Waals surface area (Å²) in [6, 6.07) is 28.3. The molecule has 39 heavy (non-hydrogen) atoms. The molecule has 1 fully saturated rings. The first-order chi connectivity index (χ1) is 19.0. The highest BCUT2D eigenvalue weighted by molar-refractivity contribution is 5.84. The Hall–Kier alpha value is -4.53. The van der Waals surface area contributed by atoms with Crippen molar-refractivity contribution >= 4 is 34.3 Å². The Morgan fingerprint density at radius 3 is 2.05 bits per heavy atom. The molecule has 198 valence electrons. The van der Waals surface area contributed by atoms with Crippen molar-refractivity contribution in [3.05, 3.63) is 102 Å². The molecule has 0 radical (unpaired) electrons. The minimum absolute atomic E-state index is 0.115. The van der Waals surface area contributed by atoms with Crippen molar-refractivity contribution in [3.63, 3.8) is 0 Å². The number of alkyl halides is 2. The maximum atomic E-state index is 13.6. The third kappa shape index (κ3) is 5.82. The molecule has 5 aromatic rings. The van der Waals surface area contributed by atoms with E-state index >= 15 is 0 Å². The van der Waals surface area contributed by atoms with Gasteiger partial charge < -0.3 is 20.1 Å². The number of hydrogen-bond acceptors (Lipinski definition) is 6. The zero-order chi connectivity index (χ0) is 26.7. The molecule has 3 heterocycles. The van der Waals surface area contributed by atoms with Gasteiger partial charge in [0.1, 0.15) is 0 Å². The molecule has 2 N–H and O–H groups in total. The van der Waals surface area contributed by atoms with Crippen molar-refractivity contribution in [2.75, 3.05) is 28.2 Å². The average Bonchev–Trinajstić information content (AvgIpc) is 3.43. The van der Waals surface area contributed by atoms with E-state index < -0.39 is 5.92 Å². The van der Waals surface area contributed by atoms with Crippen LogP contribution in [-0.4, -0.2) is 38.9 Å². The van der Waals surface area contributed by atoms with Crippen LogP contribution in [0.3, 0.4) is 0 Å². The summed E-state index contributed by atoms with van der Waals surface area (Å²) in [4.78, 5) is 21.4. The molecule has 3 aromatic carbocycles. The Morgan fingerprint density at radius 2 is 1.44 bits per heavy atom. The van der Waals surface area contributed by atoms with Crippen LogP contribution in [0.15, 0.2) is 91.3 Å². The van der Waals surface area contributed by atoms with Gasteiger partial charge in [0.25, 0.3) is 5.92 Å². The number of imidazole rings is 1. The first-order valence-corrected chi connectivity index (χ1v) is 13.1. The Bertz CT molecular complexity index is 1470. The molecule has 6 rings (SSSR count). The van der Waals surface area contributed by atoms with Gasteiger partial charge in [0.15, 0.2) is 17.0 Å². The Kier molecular flexibility index (Phi) is 6.79. The van der Waals surface area contributed by atoms with Crippen LogP contribution >= 0.6 is 0 Å². The molecule has 0 unspecified atom stereocenters. The van der Waals surface area contributed by atoms with Crippen LogP contribution in [-0.2, 0) is 13.1 Å². The second kappa shape index (κ2) is 10.7. The molecule has 0 aliphatic carbocycles. The summed E-state index contributed by atoms with van der Waals surface area (Å²) in [6.45, 7) is 2.00. The van der Waals surface area contributed by atoms with Gasteiger partial charge in [-0.2, -0.15) is 9.97 Å². The quantitative estimate of drug-likeness (QED) is 0.240. The van der Waals surface area contributed by atoms with Crippen LogP contribution in [0.4, 0.5) is 31.9 Å². The minimum atomic E-state index is -2.56. The SMILES string of the molecule is FC1(F)CCN(c2ccc(Nc3nc(N(Cc4ccccc4)Cc4ccccc4)c4nc[nH]c4n3)cc2)CC1. The topological polar surface area (TPSA) is 73.0 Å². The lowest BCUT2D eigenvalue weighted by molar-refractivity contribution is -0.0220. The fourth-order valence-corrected chi connectivity index (χ4v) is 4.89. The third-order valence-corrected chi connectivity index (χ3v) is 6.98. The Labute approximate surface area is 225 Å². The predicted octanol–water partition coefficient (Wildman–Crippen LogP) is 6.54. The van der Waals surface area contributed by atoms with Gasteiger partial charge in [-0.1, -0.05) is 60.7 Å². The molecular weight excluding hydrogens is 496 g/mol. The van der Waals surface area contributed by atoms with Crippen LogP contribution in [0.2, 0.25) is 0 Å². The number of halogens is 2. The summed E-state index contributed by atoms with van der Waals surface area (Å²) < 4.78 is 27.1. The van der Waals surface area contributed by atoms with E-state index in [1.807, 2.05) is 65.6 Å². The van der Waals surface area contributed by atoms with Gasteiger partial charge in [0, 0.05) is 50.4 Å².